The third-order valence-electron chi connectivity index (χ3n) is 10.5. The van der Waals surface area contributed by atoms with Crippen molar-refractivity contribution in [2.24, 2.45) is 0 Å². The van der Waals surface area contributed by atoms with Gasteiger partial charge in [-0.2, -0.15) is 0 Å². The van der Waals surface area contributed by atoms with E-state index in [4.69, 9.17) is 13.8 Å². The Balaban J connectivity index is 1.26. The van der Waals surface area contributed by atoms with Gasteiger partial charge in [-0.15, -0.1) is 0 Å². The Kier molecular flexibility index (Phi) is 8.54. The average molecular weight is 759 g/mol. The van der Waals surface area contributed by atoms with E-state index in [0.717, 1.165) is 77.2 Å². The van der Waals surface area contributed by atoms with Crippen LogP contribution in [0, 0.1) is 0 Å². The molecule has 0 spiro atoms. The Morgan fingerprint density at radius 2 is 0.912 bits per heavy atom. The second-order valence-electron chi connectivity index (χ2n) is 14.0. The molecule has 0 saturated carbocycles. The van der Waals surface area contributed by atoms with E-state index in [1.807, 2.05) is 60.7 Å². The van der Waals surface area contributed by atoms with Crippen molar-refractivity contribution in [2.45, 2.75) is 0 Å². The molecule has 57 heavy (non-hydrogen) atoms. The van der Waals surface area contributed by atoms with Gasteiger partial charge in [0.2, 0.25) is 0 Å². The Morgan fingerprint density at radius 1 is 0.491 bits per heavy atom. The van der Waals surface area contributed by atoms with Crippen molar-refractivity contribution in [3.63, 3.8) is 0 Å². The predicted octanol–water partition coefficient (Wildman–Crippen LogP) is 13.7. The Bertz CT molecular complexity index is 2810. The molecule has 9 aromatic rings. The number of rotatable bonds is 7. The number of ether oxygens (including phenoxy) is 1. The van der Waals surface area contributed by atoms with Gasteiger partial charge in [0.05, 0.1) is 7.11 Å². The summed E-state index contributed by atoms with van der Waals surface area (Å²) in [6.07, 6.45) is 1.59. The van der Waals surface area contributed by atoms with E-state index in [1.54, 1.807) is 25.4 Å². The first-order chi connectivity index (χ1) is 28.0. The number of hydrogen-bond acceptors (Lipinski definition) is 5. The van der Waals surface area contributed by atoms with Crippen LogP contribution in [0.25, 0.3) is 77.2 Å². The van der Waals surface area contributed by atoms with Gasteiger partial charge >= 0.3 is 7.75 Å². The van der Waals surface area contributed by atoms with E-state index in [-0.39, 0.29) is 5.82 Å². The topological polar surface area (TPSA) is 69.7 Å². The number of methoxy groups -OCH3 is 1. The summed E-state index contributed by atoms with van der Waals surface area (Å²) in [5.41, 5.74) is 9.38. The molecular formula is C50H35N2O4P. The largest absolute Gasteiger partial charge is 0.542 e. The fourth-order valence-electron chi connectivity index (χ4n) is 7.76. The van der Waals surface area contributed by atoms with Crippen molar-refractivity contribution in [2.75, 3.05) is 12.2 Å². The lowest BCUT2D eigenvalue weighted by Gasteiger charge is -2.22. The standard InChI is InChI=1S/C50H35N2O4P/c1-54-41-28-29-51-46(32-41)52-57(53)55-49-44(37-24-20-35(21-25-37)33-12-4-2-5-13-33)30-39-16-8-10-18-42(39)47(49)48-43-19-11-9-17-40(43)31-45(50(48)56-57)38-26-22-36(23-27-38)34-14-6-3-7-15-34/h2-32H,1H3,(H,51,52,53). The monoisotopic (exact) mass is 758 g/mol. The first kappa shape index (κ1) is 34.4. The number of anilines is 1. The molecule has 274 valence electrons. The quantitative estimate of drug-likeness (QED) is 0.163. The second-order valence-corrected chi connectivity index (χ2v) is 15.5. The number of nitrogens with zero attached hydrogens (tertiary/aromatic N) is 1. The molecule has 0 aliphatic carbocycles. The van der Waals surface area contributed by atoms with Gasteiger partial charge in [0.25, 0.3) is 0 Å². The highest BCUT2D eigenvalue weighted by atomic mass is 31.2. The highest BCUT2D eigenvalue weighted by Crippen LogP contribution is 2.62. The van der Waals surface area contributed by atoms with E-state index in [2.05, 4.69) is 119 Å². The third-order valence-corrected chi connectivity index (χ3v) is 11.8. The van der Waals surface area contributed by atoms with Gasteiger partial charge < -0.3 is 13.8 Å². The van der Waals surface area contributed by atoms with Gasteiger partial charge in [0, 0.05) is 34.5 Å². The molecule has 1 N–H and O–H groups in total. The van der Waals surface area contributed by atoms with Crippen molar-refractivity contribution in [3.8, 4) is 72.9 Å². The van der Waals surface area contributed by atoms with Gasteiger partial charge in [-0.1, -0.05) is 158 Å². The molecule has 1 aliphatic heterocycles. The first-order valence-electron chi connectivity index (χ1n) is 18.7. The van der Waals surface area contributed by atoms with Crippen LogP contribution >= 0.6 is 7.75 Å². The number of pyridine rings is 1. The summed E-state index contributed by atoms with van der Waals surface area (Å²) >= 11 is 0. The summed E-state index contributed by atoms with van der Waals surface area (Å²) in [5, 5.41) is 6.99. The molecule has 6 nitrogen and oxygen atoms in total. The molecule has 1 aromatic heterocycles. The fraction of sp³-hybridized carbons (Fsp3) is 0.0200. The van der Waals surface area contributed by atoms with Crippen LogP contribution in [-0.2, 0) is 4.57 Å². The lowest BCUT2D eigenvalue weighted by molar-refractivity contribution is 0.399. The van der Waals surface area contributed by atoms with Crippen LogP contribution in [0.1, 0.15) is 0 Å². The van der Waals surface area contributed by atoms with Crippen molar-refractivity contribution in [1.29, 1.82) is 0 Å². The van der Waals surface area contributed by atoms with Crippen molar-refractivity contribution in [3.05, 3.63) is 188 Å². The predicted molar refractivity (Wildman–Crippen MR) is 232 cm³/mol. The molecule has 0 radical (unpaired) electrons. The molecule has 10 rings (SSSR count). The van der Waals surface area contributed by atoms with E-state index < -0.39 is 7.75 Å². The van der Waals surface area contributed by atoms with Crippen molar-refractivity contribution >= 4 is 35.1 Å². The molecule has 0 fully saturated rings. The van der Waals surface area contributed by atoms with E-state index in [9.17, 15) is 0 Å². The summed E-state index contributed by atoms with van der Waals surface area (Å²) in [5.74, 6) is 1.72. The second kappa shape index (κ2) is 14.2. The van der Waals surface area contributed by atoms with Gasteiger partial charge in [-0.05, 0) is 73.1 Å². The van der Waals surface area contributed by atoms with E-state index >= 15 is 4.57 Å². The minimum absolute atomic E-state index is 0.284. The molecule has 0 bridgehead atoms. The molecule has 7 heteroatoms. The van der Waals surface area contributed by atoms with E-state index in [0.29, 0.717) is 17.2 Å². The number of aromatic nitrogens is 1. The van der Waals surface area contributed by atoms with Gasteiger partial charge in [0.1, 0.15) is 23.1 Å². The first-order valence-corrected chi connectivity index (χ1v) is 20.3. The number of benzene rings is 8. The maximum Gasteiger partial charge on any atom is 0.542 e. The van der Waals surface area contributed by atoms with Gasteiger partial charge in [-0.25, -0.2) is 9.55 Å². The van der Waals surface area contributed by atoms with Crippen LogP contribution in [-0.4, -0.2) is 12.1 Å². The number of fused-ring (bicyclic) bond motifs is 7. The van der Waals surface area contributed by atoms with Gasteiger partial charge in [-0.3, -0.25) is 5.09 Å². The lowest BCUT2D eigenvalue weighted by atomic mass is 9.86. The van der Waals surface area contributed by atoms with Gasteiger partial charge in [0.15, 0.2) is 0 Å². The zero-order chi connectivity index (χ0) is 38.3. The maximum absolute atomic E-state index is 15.6. The molecule has 0 unspecified atom stereocenters. The molecule has 0 amide bonds. The summed E-state index contributed by atoms with van der Waals surface area (Å²) in [6, 6.07) is 61.5. The summed E-state index contributed by atoms with van der Waals surface area (Å²) < 4.78 is 34.9. The molecular weight excluding hydrogens is 724 g/mol. The zero-order valence-corrected chi connectivity index (χ0v) is 31.8. The Hall–Kier alpha value is -7.14. The maximum atomic E-state index is 15.6. The molecule has 1 aliphatic rings. The van der Waals surface area contributed by atoms with Crippen LogP contribution in [0.5, 0.6) is 17.2 Å². The highest BCUT2D eigenvalue weighted by Gasteiger charge is 2.39. The highest BCUT2D eigenvalue weighted by molar-refractivity contribution is 7.56. The normalized spacial score (nSPS) is 12.8. The number of hydrogen-bond donors (Lipinski definition) is 1. The molecule has 0 saturated heterocycles. The van der Waals surface area contributed by atoms with Crippen molar-refractivity contribution in [1.82, 2.24) is 4.98 Å². The average Bonchev–Trinajstić information content (AvgIpc) is 3.41. The summed E-state index contributed by atoms with van der Waals surface area (Å²) in [7, 11) is -2.73. The minimum Gasteiger partial charge on any atom is -0.497 e. The number of nitrogens with one attached hydrogen (secondary N) is 1. The fourth-order valence-corrected chi connectivity index (χ4v) is 9.15. The Morgan fingerprint density at radius 3 is 1.39 bits per heavy atom. The molecule has 2 heterocycles. The van der Waals surface area contributed by atoms with Crippen LogP contribution in [0.3, 0.4) is 0 Å². The van der Waals surface area contributed by atoms with E-state index in [1.165, 1.54) is 0 Å². The van der Waals surface area contributed by atoms with Crippen molar-refractivity contribution < 1.29 is 18.3 Å². The smallest absolute Gasteiger partial charge is 0.497 e. The SMILES string of the molecule is COc1ccnc(NP2(=O)Oc3c(-c4ccc(-c5ccccc5)cc4)cc4ccccc4c3-c3c(c(-c4ccc(-c5ccccc5)cc4)cc4ccccc34)O2)c1. The summed E-state index contributed by atoms with van der Waals surface area (Å²) in [4.78, 5) is 4.48. The zero-order valence-electron chi connectivity index (χ0n) is 30.9. The van der Waals surface area contributed by atoms with Crippen LogP contribution in [0.4, 0.5) is 5.82 Å². The Labute approximate surface area is 330 Å². The van der Waals surface area contributed by atoms with Crippen LogP contribution < -0.4 is 18.9 Å². The van der Waals surface area contributed by atoms with Crippen LogP contribution in [0.2, 0.25) is 0 Å². The lowest BCUT2D eigenvalue weighted by Crippen LogP contribution is -2.10. The van der Waals surface area contributed by atoms with Crippen LogP contribution in [0.15, 0.2) is 188 Å². The summed E-state index contributed by atoms with van der Waals surface area (Å²) in [6.45, 7) is 0. The molecule has 8 aromatic carbocycles. The molecule has 0 atom stereocenters. The minimum atomic E-state index is -4.31. The third kappa shape index (κ3) is 6.36.